The quantitative estimate of drug-likeness (QED) is 0.791. The van der Waals surface area contributed by atoms with Crippen molar-refractivity contribution < 1.29 is 4.39 Å². The first-order valence-corrected chi connectivity index (χ1v) is 7.77. The van der Waals surface area contributed by atoms with Crippen LogP contribution in [-0.4, -0.2) is 5.11 Å². The van der Waals surface area contributed by atoms with Gasteiger partial charge in [-0.05, 0) is 60.5 Å². The Labute approximate surface area is 136 Å². The highest BCUT2D eigenvalue weighted by Crippen LogP contribution is 2.24. The lowest BCUT2D eigenvalue weighted by Gasteiger charge is -2.26. The molecule has 0 saturated carbocycles. The van der Waals surface area contributed by atoms with Crippen molar-refractivity contribution in [3.05, 3.63) is 65.5 Å². The van der Waals surface area contributed by atoms with Crippen molar-refractivity contribution in [1.82, 2.24) is 5.32 Å². The molecule has 0 saturated heterocycles. The molecule has 0 bridgehead atoms. The third kappa shape index (κ3) is 4.28. The van der Waals surface area contributed by atoms with Crippen LogP contribution in [0.25, 0.3) is 0 Å². The average Bonchev–Trinajstić information content (AvgIpc) is 2.48. The molecule has 0 unspecified atom stereocenters. The van der Waals surface area contributed by atoms with Crippen molar-refractivity contribution in [3.63, 3.8) is 0 Å². The van der Waals surface area contributed by atoms with Crippen LogP contribution in [0.15, 0.2) is 48.5 Å². The monoisotopic (exact) mass is 316 g/mol. The number of hydrogen-bond acceptors (Lipinski definition) is 1. The first kappa shape index (κ1) is 16.4. The Morgan fingerprint density at radius 2 is 1.68 bits per heavy atom. The smallest absolute Gasteiger partial charge is 0.171 e. The molecular formula is C18H21FN2S. The van der Waals surface area contributed by atoms with Gasteiger partial charge >= 0.3 is 0 Å². The summed E-state index contributed by atoms with van der Waals surface area (Å²) >= 11 is 5.39. The fraction of sp³-hybridized carbons (Fsp3) is 0.278. The fourth-order valence-electron chi connectivity index (χ4n) is 2.38. The van der Waals surface area contributed by atoms with E-state index in [1.54, 1.807) is 12.1 Å². The zero-order chi connectivity index (χ0) is 16.1. The minimum absolute atomic E-state index is 0.127. The Morgan fingerprint density at radius 1 is 1.05 bits per heavy atom. The van der Waals surface area contributed by atoms with E-state index in [2.05, 4.69) is 43.5 Å². The van der Waals surface area contributed by atoms with Gasteiger partial charge in [-0.25, -0.2) is 4.39 Å². The minimum atomic E-state index is -0.260. The van der Waals surface area contributed by atoms with Gasteiger partial charge in [-0.15, -0.1) is 0 Å². The largest absolute Gasteiger partial charge is 0.355 e. The molecule has 2 N–H and O–H groups in total. The summed E-state index contributed by atoms with van der Waals surface area (Å²) < 4.78 is 12.9. The minimum Gasteiger partial charge on any atom is -0.355 e. The molecule has 0 aliphatic heterocycles. The lowest BCUT2D eigenvalue weighted by Crippen LogP contribution is -2.35. The molecule has 0 aliphatic rings. The summed E-state index contributed by atoms with van der Waals surface area (Å²) in [4.78, 5) is 0. The van der Waals surface area contributed by atoms with Crippen LogP contribution < -0.4 is 10.6 Å². The van der Waals surface area contributed by atoms with Gasteiger partial charge in [0, 0.05) is 5.69 Å². The maximum absolute atomic E-state index is 12.9. The van der Waals surface area contributed by atoms with E-state index < -0.39 is 0 Å². The van der Waals surface area contributed by atoms with E-state index in [0.717, 1.165) is 5.69 Å². The van der Waals surface area contributed by atoms with E-state index in [9.17, 15) is 4.39 Å². The number of thiocarbonyl (C=S) groups is 1. The molecule has 0 aliphatic carbocycles. The highest BCUT2D eigenvalue weighted by atomic mass is 32.1. The van der Waals surface area contributed by atoms with E-state index in [0.29, 0.717) is 11.0 Å². The molecule has 1 atom stereocenters. The van der Waals surface area contributed by atoms with Crippen LogP contribution in [-0.2, 0) is 0 Å². The molecule has 116 valence electrons. The molecule has 0 aromatic heterocycles. The number of hydrogen-bond donors (Lipinski definition) is 2. The second-order valence-corrected chi connectivity index (χ2v) is 6.09. The number of rotatable bonds is 4. The van der Waals surface area contributed by atoms with Crippen LogP contribution in [0.4, 0.5) is 10.1 Å². The van der Waals surface area contributed by atoms with Gasteiger partial charge in [-0.1, -0.05) is 38.1 Å². The third-order valence-electron chi connectivity index (χ3n) is 3.58. The SMILES string of the molecule is Cc1ccccc1[C@@H](NC(=S)Nc1ccc(F)cc1)C(C)C. The second-order valence-electron chi connectivity index (χ2n) is 5.68. The van der Waals surface area contributed by atoms with Gasteiger partial charge < -0.3 is 10.6 Å². The van der Waals surface area contributed by atoms with Crippen LogP contribution >= 0.6 is 12.2 Å². The third-order valence-corrected chi connectivity index (χ3v) is 3.80. The number of benzene rings is 2. The highest BCUT2D eigenvalue weighted by molar-refractivity contribution is 7.80. The lowest BCUT2D eigenvalue weighted by molar-refractivity contribution is 0.471. The molecule has 0 heterocycles. The summed E-state index contributed by atoms with van der Waals surface area (Å²) in [5, 5.41) is 7.00. The molecule has 22 heavy (non-hydrogen) atoms. The summed E-state index contributed by atoms with van der Waals surface area (Å²) in [7, 11) is 0. The summed E-state index contributed by atoms with van der Waals surface area (Å²) in [5.74, 6) is 0.124. The van der Waals surface area contributed by atoms with Gasteiger partial charge in [0.25, 0.3) is 0 Å². The Balaban J connectivity index is 2.10. The zero-order valence-corrected chi connectivity index (χ0v) is 13.9. The van der Waals surface area contributed by atoms with Gasteiger partial charge in [0.1, 0.15) is 5.82 Å². The van der Waals surface area contributed by atoms with Crippen LogP contribution in [0.5, 0.6) is 0 Å². The number of halogens is 1. The zero-order valence-electron chi connectivity index (χ0n) is 13.1. The highest BCUT2D eigenvalue weighted by Gasteiger charge is 2.18. The van der Waals surface area contributed by atoms with Crippen molar-refractivity contribution in [2.75, 3.05) is 5.32 Å². The van der Waals surface area contributed by atoms with Crippen LogP contribution in [0.3, 0.4) is 0 Å². The maximum atomic E-state index is 12.9. The number of aryl methyl sites for hydroxylation is 1. The first-order chi connectivity index (χ1) is 10.5. The van der Waals surface area contributed by atoms with E-state index in [-0.39, 0.29) is 11.9 Å². The molecule has 0 fully saturated rings. The van der Waals surface area contributed by atoms with E-state index in [1.165, 1.54) is 23.3 Å². The second kappa shape index (κ2) is 7.36. The van der Waals surface area contributed by atoms with Crippen LogP contribution in [0.2, 0.25) is 0 Å². The molecule has 2 aromatic carbocycles. The van der Waals surface area contributed by atoms with Gasteiger partial charge in [0.05, 0.1) is 6.04 Å². The average molecular weight is 316 g/mol. The Hall–Kier alpha value is -1.94. The van der Waals surface area contributed by atoms with Crippen molar-refractivity contribution in [1.29, 1.82) is 0 Å². The van der Waals surface area contributed by atoms with E-state index in [4.69, 9.17) is 12.2 Å². The Kier molecular flexibility index (Phi) is 5.50. The summed E-state index contributed by atoms with van der Waals surface area (Å²) in [6.07, 6.45) is 0. The summed E-state index contributed by atoms with van der Waals surface area (Å²) in [6, 6.07) is 14.6. The van der Waals surface area contributed by atoms with Gasteiger partial charge in [-0.2, -0.15) is 0 Å². The van der Waals surface area contributed by atoms with E-state index in [1.807, 2.05) is 12.1 Å². The van der Waals surface area contributed by atoms with Crippen molar-refractivity contribution in [2.45, 2.75) is 26.8 Å². The molecule has 4 heteroatoms. The lowest BCUT2D eigenvalue weighted by atomic mass is 9.93. The topological polar surface area (TPSA) is 24.1 Å². The Morgan fingerprint density at radius 3 is 2.27 bits per heavy atom. The molecule has 2 rings (SSSR count). The van der Waals surface area contributed by atoms with Crippen molar-refractivity contribution in [3.8, 4) is 0 Å². The maximum Gasteiger partial charge on any atom is 0.171 e. The molecule has 2 aromatic rings. The van der Waals surface area contributed by atoms with Gasteiger partial charge in [-0.3, -0.25) is 0 Å². The predicted octanol–water partition coefficient (Wildman–Crippen LogP) is 4.82. The van der Waals surface area contributed by atoms with E-state index >= 15 is 0 Å². The van der Waals surface area contributed by atoms with Gasteiger partial charge in [0.2, 0.25) is 0 Å². The molecule has 2 nitrogen and oxygen atoms in total. The molecule has 0 amide bonds. The first-order valence-electron chi connectivity index (χ1n) is 7.36. The van der Waals surface area contributed by atoms with Crippen molar-refractivity contribution >= 4 is 23.0 Å². The molecular weight excluding hydrogens is 295 g/mol. The standard InChI is InChI=1S/C18H21FN2S/c1-12(2)17(16-7-5-4-6-13(16)3)21-18(22)20-15-10-8-14(19)9-11-15/h4-12,17H,1-3H3,(H2,20,21,22)/t17-/m0/s1. The summed E-state index contributed by atoms with van der Waals surface area (Å²) in [5.41, 5.74) is 3.24. The predicted molar refractivity (Wildman–Crippen MR) is 94.5 cm³/mol. The number of nitrogens with one attached hydrogen (secondary N) is 2. The normalized spacial score (nSPS) is 12.0. The summed E-state index contributed by atoms with van der Waals surface area (Å²) in [6.45, 7) is 6.41. The number of anilines is 1. The Bertz CT molecular complexity index is 638. The fourth-order valence-corrected chi connectivity index (χ4v) is 2.63. The van der Waals surface area contributed by atoms with Gasteiger partial charge in [0.15, 0.2) is 5.11 Å². The molecule has 0 radical (unpaired) electrons. The van der Waals surface area contributed by atoms with Crippen molar-refractivity contribution in [2.24, 2.45) is 5.92 Å². The molecule has 0 spiro atoms. The van der Waals surface area contributed by atoms with Crippen LogP contribution in [0.1, 0.15) is 31.0 Å². The van der Waals surface area contributed by atoms with Crippen LogP contribution in [0, 0.1) is 18.7 Å².